The van der Waals surface area contributed by atoms with Crippen molar-refractivity contribution in [3.63, 3.8) is 0 Å². The number of hydrogen-bond acceptors (Lipinski definition) is 6. The highest BCUT2D eigenvalue weighted by molar-refractivity contribution is 6.23. The molecule has 0 bridgehead atoms. The van der Waals surface area contributed by atoms with Crippen molar-refractivity contribution in [1.29, 1.82) is 0 Å². The van der Waals surface area contributed by atoms with Gasteiger partial charge in [-0.05, 0) is 41.5 Å². The van der Waals surface area contributed by atoms with Crippen molar-refractivity contribution >= 4 is 43.6 Å². The topological polar surface area (TPSA) is 87.2 Å². The molecule has 0 aliphatic carbocycles. The van der Waals surface area contributed by atoms with Gasteiger partial charge in [0.2, 0.25) is 5.95 Å². The molecular formula is C60H38N8. The Morgan fingerprint density at radius 3 is 1.13 bits per heavy atom. The van der Waals surface area contributed by atoms with E-state index < -0.39 is 0 Å². The van der Waals surface area contributed by atoms with Crippen LogP contribution in [0, 0.1) is 0 Å². The average Bonchev–Trinajstić information content (AvgIpc) is 3.95. The predicted octanol–water partition coefficient (Wildman–Crippen LogP) is 14.3. The minimum absolute atomic E-state index is 0.532. The smallest absolute Gasteiger partial charge is 0.238 e. The lowest BCUT2D eigenvalue weighted by Crippen LogP contribution is -2.07. The molecule has 0 atom stereocenters. The Morgan fingerprint density at radius 1 is 0.235 bits per heavy atom. The lowest BCUT2D eigenvalue weighted by atomic mass is 10.0. The second kappa shape index (κ2) is 16.2. The maximum absolute atomic E-state index is 5.29. The molecule has 13 aromatic rings. The highest BCUT2D eigenvalue weighted by Gasteiger charge is 2.24. The van der Waals surface area contributed by atoms with E-state index in [0.717, 1.165) is 88.2 Å². The molecule has 8 heteroatoms. The lowest BCUT2D eigenvalue weighted by Gasteiger charge is -2.14. The number of nitrogens with zero attached hydrogens (tertiary/aromatic N) is 8. The summed E-state index contributed by atoms with van der Waals surface area (Å²) in [4.78, 5) is 31.1. The monoisotopic (exact) mass is 870 g/mol. The first-order valence-corrected chi connectivity index (χ1v) is 22.6. The van der Waals surface area contributed by atoms with Gasteiger partial charge in [-0.2, -0.15) is 9.97 Å². The largest absolute Gasteiger partial charge is 0.307 e. The van der Waals surface area contributed by atoms with Crippen molar-refractivity contribution in [2.45, 2.75) is 0 Å². The molecule has 0 saturated carbocycles. The predicted molar refractivity (Wildman–Crippen MR) is 275 cm³/mol. The summed E-state index contributed by atoms with van der Waals surface area (Å²) in [6.45, 7) is 0. The summed E-state index contributed by atoms with van der Waals surface area (Å²) in [6.07, 6.45) is 0. The minimum Gasteiger partial charge on any atom is -0.307 e. The van der Waals surface area contributed by atoms with E-state index in [1.807, 2.05) is 97.1 Å². The fraction of sp³-hybridized carbons (Fsp3) is 0. The molecular weight excluding hydrogens is 833 g/mol. The Balaban J connectivity index is 1.06. The van der Waals surface area contributed by atoms with Gasteiger partial charge in [0.15, 0.2) is 29.1 Å². The summed E-state index contributed by atoms with van der Waals surface area (Å²) in [6, 6.07) is 79.3. The van der Waals surface area contributed by atoms with Gasteiger partial charge in [-0.1, -0.05) is 200 Å². The second-order valence-electron chi connectivity index (χ2n) is 16.7. The van der Waals surface area contributed by atoms with Crippen molar-refractivity contribution in [3.05, 3.63) is 231 Å². The van der Waals surface area contributed by atoms with Crippen molar-refractivity contribution in [2.24, 2.45) is 0 Å². The van der Waals surface area contributed by atoms with Gasteiger partial charge < -0.3 is 4.57 Å². The third-order valence-corrected chi connectivity index (χ3v) is 12.6. The van der Waals surface area contributed by atoms with Crippen LogP contribution < -0.4 is 0 Å². The molecule has 4 heterocycles. The van der Waals surface area contributed by atoms with Crippen molar-refractivity contribution in [2.75, 3.05) is 0 Å². The van der Waals surface area contributed by atoms with Crippen LogP contribution in [0.15, 0.2) is 231 Å². The first-order valence-electron chi connectivity index (χ1n) is 22.6. The van der Waals surface area contributed by atoms with Crippen LogP contribution in [0.2, 0.25) is 0 Å². The molecule has 0 fully saturated rings. The summed E-state index contributed by atoms with van der Waals surface area (Å²) < 4.78 is 4.59. The summed E-state index contributed by atoms with van der Waals surface area (Å²) in [5.74, 6) is 3.50. The molecule has 0 saturated heterocycles. The van der Waals surface area contributed by atoms with Crippen LogP contribution in [0.4, 0.5) is 0 Å². The quantitative estimate of drug-likeness (QED) is 0.151. The van der Waals surface area contributed by atoms with Crippen LogP contribution in [0.1, 0.15) is 0 Å². The van der Waals surface area contributed by atoms with E-state index >= 15 is 0 Å². The molecule has 0 N–H and O–H groups in total. The maximum Gasteiger partial charge on any atom is 0.238 e. The molecule has 0 radical (unpaired) electrons. The summed E-state index contributed by atoms with van der Waals surface area (Å²) in [5.41, 5.74) is 11.7. The van der Waals surface area contributed by atoms with Gasteiger partial charge in [0.05, 0.1) is 22.1 Å². The molecule has 13 rings (SSSR count). The van der Waals surface area contributed by atoms with Crippen molar-refractivity contribution < 1.29 is 0 Å². The van der Waals surface area contributed by atoms with E-state index in [0.29, 0.717) is 35.1 Å². The maximum atomic E-state index is 5.29. The Morgan fingerprint density at radius 2 is 0.603 bits per heavy atom. The van der Waals surface area contributed by atoms with E-state index in [1.54, 1.807) is 0 Å². The first kappa shape index (κ1) is 39.0. The molecule has 0 spiro atoms. The Bertz CT molecular complexity index is 3960. The van der Waals surface area contributed by atoms with Gasteiger partial charge in [0.1, 0.15) is 0 Å². The van der Waals surface area contributed by atoms with Crippen LogP contribution in [0.5, 0.6) is 0 Å². The van der Waals surface area contributed by atoms with Crippen LogP contribution in [0.3, 0.4) is 0 Å². The molecule has 4 aromatic heterocycles. The van der Waals surface area contributed by atoms with Gasteiger partial charge in [0, 0.05) is 55.0 Å². The third-order valence-electron chi connectivity index (χ3n) is 12.6. The number of para-hydroxylation sites is 2. The van der Waals surface area contributed by atoms with Crippen molar-refractivity contribution in [3.8, 4) is 79.7 Å². The van der Waals surface area contributed by atoms with E-state index in [1.165, 1.54) is 0 Å². The molecule has 9 aromatic carbocycles. The van der Waals surface area contributed by atoms with Gasteiger partial charge in [-0.25, -0.2) is 19.9 Å². The van der Waals surface area contributed by atoms with E-state index in [4.69, 9.17) is 29.9 Å². The van der Waals surface area contributed by atoms with E-state index in [2.05, 4.69) is 143 Å². The zero-order chi connectivity index (χ0) is 45.0. The highest BCUT2D eigenvalue weighted by atomic mass is 15.2. The van der Waals surface area contributed by atoms with Crippen LogP contribution in [-0.4, -0.2) is 39.0 Å². The standard InChI is InChI=1S/C60H38N8/c1-5-19-39(20-6-1)43-27-17-28-44(37-43)58-61-55(40-21-7-2-8-22-40)62-59(64-58)45-29-18-30-46(38-45)67-51-33-15-13-31-47(51)49-35-36-50-48-32-14-16-34-52(48)68(54(50)53(49)67)60-65-56(41-23-9-3-10-24-41)63-57(66-60)42-25-11-4-12-26-42/h1-38H. The average molecular weight is 871 g/mol. The first-order chi connectivity index (χ1) is 33.7. The number of hydrogen-bond donors (Lipinski definition) is 0. The summed E-state index contributed by atoms with van der Waals surface area (Å²) in [5, 5.41) is 4.42. The second-order valence-corrected chi connectivity index (χ2v) is 16.7. The van der Waals surface area contributed by atoms with E-state index in [-0.39, 0.29) is 0 Å². The Kier molecular flexibility index (Phi) is 9.31. The van der Waals surface area contributed by atoms with Crippen LogP contribution in [-0.2, 0) is 0 Å². The lowest BCUT2D eigenvalue weighted by molar-refractivity contribution is 0.953. The summed E-state index contributed by atoms with van der Waals surface area (Å²) in [7, 11) is 0. The van der Waals surface area contributed by atoms with Gasteiger partial charge in [-0.15, -0.1) is 0 Å². The zero-order valence-electron chi connectivity index (χ0n) is 36.5. The Hall–Kier alpha value is -9.40. The van der Waals surface area contributed by atoms with Gasteiger partial charge >= 0.3 is 0 Å². The molecule has 0 aliphatic rings. The molecule has 0 unspecified atom stereocenters. The molecule has 68 heavy (non-hydrogen) atoms. The normalized spacial score (nSPS) is 11.5. The van der Waals surface area contributed by atoms with Crippen LogP contribution >= 0.6 is 0 Å². The van der Waals surface area contributed by atoms with Gasteiger partial charge in [0.25, 0.3) is 0 Å². The fourth-order valence-corrected chi connectivity index (χ4v) is 9.48. The minimum atomic E-state index is 0.532. The van der Waals surface area contributed by atoms with Crippen LogP contribution in [0.25, 0.3) is 123 Å². The summed E-state index contributed by atoms with van der Waals surface area (Å²) >= 11 is 0. The SMILES string of the molecule is c1ccc(-c2cccc(-c3nc(-c4ccccc4)nc(-c4cccc(-n5c6ccccc6c6ccc7c8ccccc8n(-c8nc(-c9ccccc9)nc(-c9ccccc9)n8)c7c65)c4)n3)c2)cc1. The number of fused-ring (bicyclic) bond motifs is 7. The Labute approximate surface area is 391 Å². The number of benzene rings is 9. The number of aromatic nitrogens is 8. The van der Waals surface area contributed by atoms with Crippen molar-refractivity contribution in [1.82, 2.24) is 39.0 Å². The fourth-order valence-electron chi connectivity index (χ4n) is 9.48. The molecule has 0 amide bonds. The number of rotatable bonds is 8. The van der Waals surface area contributed by atoms with Gasteiger partial charge in [-0.3, -0.25) is 4.57 Å². The van der Waals surface area contributed by atoms with E-state index in [9.17, 15) is 0 Å². The molecule has 0 aliphatic heterocycles. The highest BCUT2D eigenvalue weighted by Crippen LogP contribution is 2.42. The third kappa shape index (κ3) is 6.70. The molecule has 318 valence electrons. The zero-order valence-corrected chi connectivity index (χ0v) is 36.5. The molecule has 8 nitrogen and oxygen atoms in total.